The molecule has 0 spiro atoms. The zero-order valence-corrected chi connectivity index (χ0v) is 13.5. The first-order valence-electron chi connectivity index (χ1n) is 7.77. The van der Waals surface area contributed by atoms with Crippen LogP contribution in [0.4, 0.5) is 0 Å². The molecule has 2 rings (SSSR count). The molecule has 0 unspecified atom stereocenters. The first kappa shape index (κ1) is 16.3. The Bertz CT molecular complexity index is 419. The lowest BCUT2D eigenvalue weighted by Crippen LogP contribution is -2.43. The molecule has 1 aliphatic carbocycles. The molecule has 0 saturated heterocycles. The molecule has 4 nitrogen and oxygen atoms in total. The third kappa shape index (κ3) is 4.99. The van der Waals surface area contributed by atoms with Crippen LogP contribution in [-0.2, 0) is 4.74 Å². The van der Waals surface area contributed by atoms with Gasteiger partial charge in [0.25, 0.3) is 0 Å². The van der Waals surface area contributed by atoms with Gasteiger partial charge in [0.1, 0.15) is 5.75 Å². The lowest BCUT2D eigenvalue weighted by molar-refractivity contribution is 0.159. The minimum atomic E-state index is 0.664. The topological polar surface area (TPSA) is 33.7 Å². The van der Waals surface area contributed by atoms with E-state index in [9.17, 15) is 0 Å². The Labute approximate surface area is 128 Å². The van der Waals surface area contributed by atoms with E-state index in [1.54, 1.807) is 14.2 Å². The highest BCUT2D eigenvalue weighted by Crippen LogP contribution is 2.37. The number of methoxy groups -OCH3 is 2. The Kier molecular flexibility index (Phi) is 6.49. The lowest BCUT2D eigenvalue weighted by atomic mass is 9.76. The van der Waals surface area contributed by atoms with Crippen LogP contribution in [0.2, 0.25) is 0 Å². The molecule has 0 atom stereocenters. The molecular formula is C17H28N2O2. The summed E-state index contributed by atoms with van der Waals surface area (Å²) in [5.74, 6) is 1.65. The fraction of sp³-hybridized carbons (Fsp3) is 0.647. The van der Waals surface area contributed by atoms with Crippen LogP contribution in [0.25, 0.3) is 0 Å². The van der Waals surface area contributed by atoms with Crippen molar-refractivity contribution in [3.63, 3.8) is 0 Å². The minimum absolute atomic E-state index is 0.664. The quantitative estimate of drug-likeness (QED) is 0.756. The maximum absolute atomic E-state index is 5.29. The average molecular weight is 292 g/mol. The SMILES string of the molecule is COCCN(C)CCNC1CC(c2cccc(OC)c2)C1. The van der Waals surface area contributed by atoms with E-state index in [1.807, 2.05) is 6.07 Å². The largest absolute Gasteiger partial charge is 0.497 e. The normalized spacial score (nSPS) is 21.3. The van der Waals surface area contributed by atoms with Crippen LogP contribution in [0.15, 0.2) is 24.3 Å². The van der Waals surface area contributed by atoms with Gasteiger partial charge in [0.2, 0.25) is 0 Å². The molecule has 0 heterocycles. The first-order chi connectivity index (χ1) is 10.2. The van der Waals surface area contributed by atoms with Crippen LogP contribution in [0.5, 0.6) is 5.75 Å². The van der Waals surface area contributed by atoms with Crippen LogP contribution in [-0.4, -0.2) is 58.5 Å². The summed E-state index contributed by atoms with van der Waals surface area (Å²) in [7, 11) is 5.62. The first-order valence-corrected chi connectivity index (χ1v) is 7.77. The van der Waals surface area contributed by atoms with E-state index in [0.29, 0.717) is 12.0 Å². The summed E-state index contributed by atoms with van der Waals surface area (Å²) < 4.78 is 10.4. The summed E-state index contributed by atoms with van der Waals surface area (Å²) in [6, 6.07) is 9.13. The third-order valence-corrected chi connectivity index (χ3v) is 4.31. The van der Waals surface area contributed by atoms with Crippen molar-refractivity contribution in [2.45, 2.75) is 24.8 Å². The van der Waals surface area contributed by atoms with Gasteiger partial charge in [0, 0.05) is 32.8 Å². The van der Waals surface area contributed by atoms with Crippen molar-refractivity contribution in [2.24, 2.45) is 0 Å². The molecule has 1 saturated carbocycles. The second-order valence-corrected chi connectivity index (χ2v) is 5.89. The number of hydrogen-bond acceptors (Lipinski definition) is 4. The van der Waals surface area contributed by atoms with Gasteiger partial charge < -0.3 is 19.7 Å². The van der Waals surface area contributed by atoms with Crippen LogP contribution < -0.4 is 10.1 Å². The van der Waals surface area contributed by atoms with Crippen LogP contribution in [0.3, 0.4) is 0 Å². The summed E-state index contributed by atoms with van der Waals surface area (Å²) in [5, 5.41) is 3.64. The Morgan fingerprint density at radius 1 is 1.24 bits per heavy atom. The number of benzene rings is 1. The number of rotatable bonds is 9. The van der Waals surface area contributed by atoms with Crippen LogP contribution in [0, 0.1) is 0 Å². The molecule has 1 aliphatic rings. The van der Waals surface area contributed by atoms with E-state index in [1.165, 1.54) is 18.4 Å². The second-order valence-electron chi connectivity index (χ2n) is 5.89. The molecule has 1 N–H and O–H groups in total. The van der Waals surface area contributed by atoms with E-state index in [-0.39, 0.29) is 0 Å². The summed E-state index contributed by atoms with van der Waals surface area (Å²) in [6.45, 7) is 3.92. The molecule has 0 aliphatic heterocycles. The highest BCUT2D eigenvalue weighted by Gasteiger charge is 2.29. The van der Waals surface area contributed by atoms with Gasteiger partial charge in [-0.1, -0.05) is 12.1 Å². The van der Waals surface area contributed by atoms with Gasteiger partial charge in [0.05, 0.1) is 13.7 Å². The molecule has 0 radical (unpaired) electrons. The van der Waals surface area contributed by atoms with Gasteiger partial charge in [-0.15, -0.1) is 0 Å². The highest BCUT2D eigenvalue weighted by molar-refractivity contribution is 5.32. The van der Waals surface area contributed by atoms with Gasteiger partial charge in [0.15, 0.2) is 0 Å². The molecule has 118 valence electrons. The fourth-order valence-corrected chi connectivity index (χ4v) is 2.77. The number of nitrogens with zero attached hydrogens (tertiary/aromatic N) is 1. The minimum Gasteiger partial charge on any atom is -0.497 e. The van der Waals surface area contributed by atoms with Crippen LogP contribution in [0.1, 0.15) is 24.3 Å². The van der Waals surface area contributed by atoms with Gasteiger partial charge in [-0.25, -0.2) is 0 Å². The van der Waals surface area contributed by atoms with E-state index in [4.69, 9.17) is 9.47 Å². The van der Waals surface area contributed by atoms with Gasteiger partial charge in [-0.2, -0.15) is 0 Å². The Hall–Kier alpha value is -1.10. The predicted molar refractivity (Wildman–Crippen MR) is 86.1 cm³/mol. The zero-order valence-electron chi connectivity index (χ0n) is 13.5. The van der Waals surface area contributed by atoms with Crippen molar-refractivity contribution in [3.05, 3.63) is 29.8 Å². The molecule has 0 aromatic heterocycles. The average Bonchev–Trinajstić information content (AvgIpc) is 2.47. The summed E-state index contributed by atoms with van der Waals surface area (Å²) >= 11 is 0. The molecule has 1 fully saturated rings. The number of nitrogens with one attached hydrogen (secondary N) is 1. The zero-order chi connectivity index (χ0) is 15.1. The molecular weight excluding hydrogens is 264 g/mol. The number of hydrogen-bond donors (Lipinski definition) is 1. The summed E-state index contributed by atoms with van der Waals surface area (Å²) in [5.41, 5.74) is 1.41. The molecule has 0 amide bonds. The van der Waals surface area contributed by atoms with Gasteiger partial charge in [-0.05, 0) is 43.5 Å². The van der Waals surface area contributed by atoms with Crippen molar-refractivity contribution >= 4 is 0 Å². The third-order valence-electron chi connectivity index (χ3n) is 4.31. The lowest BCUT2D eigenvalue weighted by Gasteiger charge is -2.37. The Morgan fingerprint density at radius 3 is 2.76 bits per heavy atom. The van der Waals surface area contributed by atoms with Crippen molar-refractivity contribution in [2.75, 3.05) is 47.5 Å². The fourth-order valence-electron chi connectivity index (χ4n) is 2.77. The highest BCUT2D eigenvalue weighted by atomic mass is 16.5. The summed E-state index contributed by atoms with van der Waals surface area (Å²) in [4.78, 5) is 2.30. The standard InChI is InChI=1S/C17H28N2O2/c1-19(9-10-20-2)8-7-18-16-11-15(12-16)14-5-4-6-17(13-14)21-3/h4-6,13,15-16,18H,7-12H2,1-3H3. The second kappa shape index (κ2) is 8.37. The van der Waals surface area contributed by atoms with E-state index >= 15 is 0 Å². The smallest absolute Gasteiger partial charge is 0.119 e. The molecule has 1 aromatic carbocycles. The summed E-state index contributed by atoms with van der Waals surface area (Å²) in [6.07, 6.45) is 2.46. The molecule has 21 heavy (non-hydrogen) atoms. The van der Waals surface area contributed by atoms with Crippen molar-refractivity contribution < 1.29 is 9.47 Å². The van der Waals surface area contributed by atoms with Gasteiger partial charge in [-0.3, -0.25) is 0 Å². The molecule has 0 bridgehead atoms. The van der Waals surface area contributed by atoms with Crippen molar-refractivity contribution in [1.82, 2.24) is 10.2 Å². The van der Waals surface area contributed by atoms with E-state index in [2.05, 4.69) is 35.5 Å². The molecule has 1 aromatic rings. The maximum Gasteiger partial charge on any atom is 0.119 e. The van der Waals surface area contributed by atoms with E-state index in [0.717, 1.165) is 32.0 Å². The number of ether oxygens (including phenoxy) is 2. The monoisotopic (exact) mass is 292 g/mol. The van der Waals surface area contributed by atoms with Crippen molar-refractivity contribution in [1.29, 1.82) is 0 Å². The van der Waals surface area contributed by atoms with Gasteiger partial charge >= 0.3 is 0 Å². The maximum atomic E-state index is 5.29. The number of likely N-dealkylation sites (N-methyl/N-ethyl adjacent to an activating group) is 1. The Morgan fingerprint density at radius 2 is 2.05 bits per heavy atom. The Balaban J connectivity index is 1.63. The van der Waals surface area contributed by atoms with Crippen molar-refractivity contribution in [3.8, 4) is 5.75 Å². The van der Waals surface area contributed by atoms with E-state index < -0.39 is 0 Å². The predicted octanol–water partition coefficient (Wildman–Crippen LogP) is 2.11. The van der Waals surface area contributed by atoms with Crippen LogP contribution >= 0.6 is 0 Å². The molecule has 4 heteroatoms.